The monoisotopic (exact) mass is 250 g/mol. The highest BCUT2D eigenvalue weighted by Crippen LogP contribution is 2.11. The Hall–Kier alpha value is -1.69. The first kappa shape index (κ1) is 12.8. The number of carbonyl (C=O) groups excluding carboxylic acids is 1. The SMILES string of the molecule is COC(=O)CCN1CCN(c2ccncn2)CC1. The lowest BCUT2D eigenvalue weighted by Gasteiger charge is -2.35. The molecular formula is C12H18N4O2. The minimum atomic E-state index is -0.145. The fraction of sp³-hybridized carbons (Fsp3) is 0.583. The third-order valence-electron chi connectivity index (χ3n) is 3.12. The van der Waals surface area contributed by atoms with Crippen LogP contribution in [0, 0.1) is 0 Å². The lowest BCUT2D eigenvalue weighted by molar-refractivity contribution is -0.141. The van der Waals surface area contributed by atoms with Gasteiger partial charge in [0.25, 0.3) is 0 Å². The molecule has 6 nitrogen and oxygen atoms in total. The van der Waals surface area contributed by atoms with Crippen LogP contribution >= 0.6 is 0 Å². The van der Waals surface area contributed by atoms with Crippen molar-refractivity contribution in [3.63, 3.8) is 0 Å². The maximum atomic E-state index is 11.1. The minimum Gasteiger partial charge on any atom is -0.469 e. The molecule has 6 heteroatoms. The maximum absolute atomic E-state index is 11.1. The average molecular weight is 250 g/mol. The molecule has 0 radical (unpaired) electrons. The van der Waals surface area contributed by atoms with Gasteiger partial charge in [-0.3, -0.25) is 9.69 Å². The number of piperazine rings is 1. The van der Waals surface area contributed by atoms with Crippen molar-refractivity contribution < 1.29 is 9.53 Å². The number of rotatable bonds is 4. The number of hydrogen-bond donors (Lipinski definition) is 0. The molecule has 1 aliphatic rings. The number of hydrogen-bond acceptors (Lipinski definition) is 6. The summed E-state index contributed by atoms with van der Waals surface area (Å²) in [5.41, 5.74) is 0. The van der Waals surface area contributed by atoms with Crippen LogP contribution in [-0.4, -0.2) is 60.7 Å². The Morgan fingerprint density at radius 2 is 2.17 bits per heavy atom. The summed E-state index contributed by atoms with van der Waals surface area (Å²) in [4.78, 5) is 23.7. The van der Waals surface area contributed by atoms with E-state index in [1.807, 2.05) is 6.07 Å². The topological polar surface area (TPSA) is 58.6 Å². The Bertz CT molecular complexity index is 377. The molecule has 2 rings (SSSR count). The third-order valence-corrected chi connectivity index (χ3v) is 3.12. The van der Waals surface area contributed by atoms with Crippen LogP contribution in [0.3, 0.4) is 0 Å². The van der Waals surface area contributed by atoms with Gasteiger partial charge in [0.1, 0.15) is 12.1 Å². The molecule has 0 aromatic carbocycles. The van der Waals surface area contributed by atoms with E-state index in [0.29, 0.717) is 6.42 Å². The maximum Gasteiger partial charge on any atom is 0.306 e. The van der Waals surface area contributed by atoms with Gasteiger partial charge in [0.05, 0.1) is 13.5 Å². The van der Waals surface area contributed by atoms with Gasteiger partial charge in [0.2, 0.25) is 0 Å². The van der Waals surface area contributed by atoms with Crippen molar-refractivity contribution >= 4 is 11.8 Å². The lowest BCUT2D eigenvalue weighted by Crippen LogP contribution is -2.47. The van der Waals surface area contributed by atoms with Gasteiger partial charge in [-0.2, -0.15) is 0 Å². The van der Waals surface area contributed by atoms with Crippen molar-refractivity contribution in [2.24, 2.45) is 0 Å². The molecule has 0 aliphatic carbocycles. The Labute approximate surface area is 107 Å². The van der Waals surface area contributed by atoms with Gasteiger partial charge in [0.15, 0.2) is 0 Å². The van der Waals surface area contributed by atoms with Crippen molar-refractivity contribution in [3.05, 3.63) is 18.6 Å². The molecule has 98 valence electrons. The second-order valence-corrected chi connectivity index (χ2v) is 4.22. The molecule has 0 atom stereocenters. The summed E-state index contributed by atoms with van der Waals surface area (Å²) in [6.45, 7) is 4.52. The molecule has 0 saturated carbocycles. The van der Waals surface area contributed by atoms with E-state index in [9.17, 15) is 4.79 Å². The normalized spacial score (nSPS) is 16.6. The first-order chi connectivity index (χ1) is 8.79. The van der Waals surface area contributed by atoms with E-state index in [4.69, 9.17) is 0 Å². The highest BCUT2D eigenvalue weighted by molar-refractivity contribution is 5.69. The van der Waals surface area contributed by atoms with E-state index >= 15 is 0 Å². The van der Waals surface area contributed by atoms with Crippen LogP contribution in [-0.2, 0) is 9.53 Å². The van der Waals surface area contributed by atoms with E-state index < -0.39 is 0 Å². The van der Waals surface area contributed by atoms with Crippen LogP contribution in [0.5, 0.6) is 0 Å². The fourth-order valence-corrected chi connectivity index (χ4v) is 2.02. The van der Waals surface area contributed by atoms with Crippen molar-refractivity contribution in [3.8, 4) is 0 Å². The molecule has 1 aliphatic heterocycles. The molecule has 0 bridgehead atoms. The Balaban J connectivity index is 1.76. The molecule has 0 unspecified atom stereocenters. The molecule has 0 spiro atoms. The van der Waals surface area contributed by atoms with Crippen molar-refractivity contribution in [2.75, 3.05) is 44.7 Å². The van der Waals surface area contributed by atoms with Gasteiger partial charge in [-0.25, -0.2) is 9.97 Å². The van der Waals surface area contributed by atoms with Gasteiger partial charge in [0, 0.05) is 38.9 Å². The Morgan fingerprint density at radius 1 is 1.39 bits per heavy atom. The van der Waals surface area contributed by atoms with Crippen LogP contribution in [0.25, 0.3) is 0 Å². The number of aromatic nitrogens is 2. The summed E-state index contributed by atoms with van der Waals surface area (Å²) >= 11 is 0. The summed E-state index contributed by atoms with van der Waals surface area (Å²) in [7, 11) is 1.43. The number of ether oxygens (including phenoxy) is 1. The van der Waals surface area contributed by atoms with E-state index in [0.717, 1.165) is 38.5 Å². The number of esters is 1. The summed E-state index contributed by atoms with van der Waals surface area (Å²) in [6, 6.07) is 1.92. The van der Waals surface area contributed by atoms with E-state index in [1.165, 1.54) is 7.11 Å². The van der Waals surface area contributed by atoms with Gasteiger partial charge in [-0.05, 0) is 6.07 Å². The Kier molecular flexibility index (Phi) is 4.46. The minimum absolute atomic E-state index is 0.145. The van der Waals surface area contributed by atoms with Crippen LogP contribution in [0.2, 0.25) is 0 Å². The molecule has 18 heavy (non-hydrogen) atoms. The summed E-state index contributed by atoms with van der Waals surface area (Å²) in [6.07, 6.45) is 3.79. The zero-order valence-electron chi connectivity index (χ0n) is 10.6. The molecule has 1 aromatic heterocycles. The largest absolute Gasteiger partial charge is 0.469 e. The predicted molar refractivity (Wildman–Crippen MR) is 67.3 cm³/mol. The average Bonchev–Trinajstić information content (AvgIpc) is 2.46. The van der Waals surface area contributed by atoms with Crippen LogP contribution in [0.15, 0.2) is 18.6 Å². The van der Waals surface area contributed by atoms with Crippen molar-refractivity contribution in [1.29, 1.82) is 0 Å². The number of anilines is 1. The Morgan fingerprint density at radius 3 is 2.78 bits per heavy atom. The highest BCUT2D eigenvalue weighted by atomic mass is 16.5. The zero-order valence-corrected chi connectivity index (χ0v) is 10.6. The van der Waals surface area contributed by atoms with Gasteiger partial charge in [-0.15, -0.1) is 0 Å². The standard InChI is InChI=1S/C12H18N4O2/c1-18-12(17)3-5-15-6-8-16(9-7-15)11-2-4-13-10-14-11/h2,4,10H,3,5-9H2,1H3. The summed E-state index contributed by atoms with van der Waals surface area (Å²) in [5, 5.41) is 0. The number of nitrogens with zero attached hydrogens (tertiary/aromatic N) is 4. The molecule has 1 fully saturated rings. The molecule has 2 heterocycles. The third kappa shape index (κ3) is 3.40. The molecule has 0 amide bonds. The number of carbonyl (C=O) groups is 1. The van der Waals surface area contributed by atoms with Crippen molar-refractivity contribution in [2.45, 2.75) is 6.42 Å². The van der Waals surface area contributed by atoms with E-state index in [-0.39, 0.29) is 5.97 Å². The van der Waals surface area contributed by atoms with Crippen LogP contribution < -0.4 is 4.90 Å². The highest BCUT2D eigenvalue weighted by Gasteiger charge is 2.18. The van der Waals surface area contributed by atoms with Gasteiger partial charge >= 0.3 is 5.97 Å². The van der Waals surface area contributed by atoms with Crippen molar-refractivity contribution in [1.82, 2.24) is 14.9 Å². The van der Waals surface area contributed by atoms with E-state index in [1.54, 1.807) is 12.5 Å². The smallest absolute Gasteiger partial charge is 0.306 e. The second-order valence-electron chi connectivity index (χ2n) is 4.22. The second kappa shape index (κ2) is 6.30. The van der Waals surface area contributed by atoms with Gasteiger partial charge < -0.3 is 9.64 Å². The first-order valence-corrected chi connectivity index (χ1v) is 6.10. The predicted octanol–water partition coefficient (Wildman–Crippen LogP) is 0.162. The molecule has 1 aromatic rings. The van der Waals surface area contributed by atoms with E-state index in [2.05, 4.69) is 24.5 Å². The summed E-state index contributed by atoms with van der Waals surface area (Å²) in [5.74, 6) is 0.825. The zero-order chi connectivity index (χ0) is 12.8. The molecule has 0 N–H and O–H groups in total. The lowest BCUT2D eigenvalue weighted by atomic mass is 10.3. The first-order valence-electron chi connectivity index (χ1n) is 6.10. The van der Waals surface area contributed by atoms with Crippen LogP contribution in [0.1, 0.15) is 6.42 Å². The fourth-order valence-electron chi connectivity index (χ4n) is 2.02. The van der Waals surface area contributed by atoms with Crippen LogP contribution in [0.4, 0.5) is 5.82 Å². The molecule has 1 saturated heterocycles. The number of methoxy groups -OCH3 is 1. The molecular weight excluding hydrogens is 232 g/mol. The summed E-state index contributed by atoms with van der Waals surface area (Å²) < 4.78 is 4.64. The quantitative estimate of drug-likeness (QED) is 0.710. The van der Waals surface area contributed by atoms with Gasteiger partial charge in [-0.1, -0.05) is 0 Å².